The molecule has 40 heavy (non-hydrogen) atoms. The maximum absolute atomic E-state index is 13.7. The second-order valence-electron chi connectivity index (χ2n) is 10.6. The maximum Gasteiger partial charge on any atom is 0.329 e. The zero-order valence-corrected chi connectivity index (χ0v) is 24.5. The van der Waals surface area contributed by atoms with Crippen LogP contribution in [0.15, 0.2) is 89.7 Å². The lowest BCUT2D eigenvalue weighted by Gasteiger charge is -2.35. The zero-order chi connectivity index (χ0) is 27.9. The number of para-hydroxylation sites is 2. The van der Waals surface area contributed by atoms with Crippen molar-refractivity contribution >= 4 is 28.4 Å². The molecule has 0 aliphatic carbocycles. The van der Waals surface area contributed by atoms with Gasteiger partial charge in [-0.15, -0.1) is 0 Å². The van der Waals surface area contributed by atoms with Crippen molar-refractivity contribution in [2.24, 2.45) is 0 Å². The average molecular weight is 556 g/mol. The Labute approximate surface area is 243 Å². The summed E-state index contributed by atoms with van der Waals surface area (Å²) in [6.45, 7) is 9.86. The van der Waals surface area contributed by atoms with Crippen LogP contribution in [0.1, 0.15) is 56.3 Å². The van der Waals surface area contributed by atoms with E-state index in [-0.39, 0.29) is 17.8 Å². The summed E-state index contributed by atoms with van der Waals surface area (Å²) in [4.78, 5) is 18.4. The Bertz CT molecular complexity index is 1400. The number of nitrogens with one attached hydrogen (secondary N) is 1. The number of nitrogens with zero attached hydrogens (tertiary/aromatic N) is 4. The number of thiocarbonyl (C=S) groups is 1. The lowest BCUT2D eigenvalue weighted by molar-refractivity contribution is 0.261. The number of imidazole rings is 1. The number of likely N-dealkylation sites (tertiary alicyclic amines) is 1. The van der Waals surface area contributed by atoms with Crippen LogP contribution in [-0.4, -0.2) is 56.8 Å². The molecule has 1 saturated heterocycles. The van der Waals surface area contributed by atoms with E-state index < -0.39 is 0 Å². The van der Waals surface area contributed by atoms with Gasteiger partial charge in [-0.2, -0.15) is 0 Å². The third-order valence-corrected chi connectivity index (χ3v) is 8.65. The van der Waals surface area contributed by atoms with Crippen LogP contribution in [0, 0.1) is 0 Å². The summed E-state index contributed by atoms with van der Waals surface area (Å²) in [5.74, 6) is 0. The van der Waals surface area contributed by atoms with Crippen LogP contribution < -0.4 is 11.0 Å². The van der Waals surface area contributed by atoms with Crippen molar-refractivity contribution in [2.75, 3.05) is 32.7 Å². The fourth-order valence-electron chi connectivity index (χ4n) is 5.99. The molecule has 0 atom stereocenters. The van der Waals surface area contributed by atoms with Crippen LogP contribution >= 0.6 is 12.2 Å². The summed E-state index contributed by atoms with van der Waals surface area (Å²) in [5.41, 5.74) is 4.58. The molecule has 2 heterocycles. The number of hydrogen-bond donors (Lipinski definition) is 1. The lowest BCUT2D eigenvalue weighted by atomic mass is 9.99. The Kier molecular flexibility index (Phi) is 9.34. The minimum absolute atomic E-state index is 0.00967. The smallest absolute Gasteiger partial charge is 0.329 e. The average Bonchev–Trinajstić information content (AvgIpc) is 3.29. The van der Waals surface area contributed by atoms with Crippen LogP contribution in [0.4, 0.5) is 0 Å². The van der Waals surface area contributed by atoms with Gasteiger partial charge in [0.15, 0.2) is 5.11 Å². The largest absolute Gasteiger partial charge is 0.352 e. The SMILES string of the molecule is CCN(CC)CCCn1c(=O)n(C2CCN(C(=S)NC(c3ccccc3)c3ccccc3)CC2)c2ccccc21. The number of fused-ring (bicyclic) bond motifs is 1. The van der Waals surface area contributed by atoms with Gasteiger partial charge < -0.3 is 15.1 Å². The second kappa shape index (κ2) is 13.3. The number of aryl methyl sites for hydroxylation is 1. The van der Waals surface area contributed by atoms with E-state index in [4.69, 9.17) is 12.2 Å². The van der Waals surface area contributed by atoms with Gasteiger partial charge in [0.2, 0.25) is 0 Å². The Balaban J connectivity index is 1.28. The van der Waals surface area contributed by atoms with Gasteiger partial charge in [-0.3, -0.25) is 9.13 Å². The predicted octanol–water partition coefficient (Wildman–Crippen LogP) is 5.84. The fourth-order valence-corrected chi connectivity index (χ4v) is 6.29. The lowest BCUT2D eigenvalue weighted by Crippen LogP contribution is -2.46. The van der Waals surface area contributed by atoms with Gasteiger partial charge in [0.1, 0.15) is 0 Å². The van der Waals surface area contributed by atoms with E-state index in [1.807, 2.05) is 28.8 Å². The molecule has 0 saturated carbocycles. The summed E-state index contributed by atoms with van der Waals surface area (Å²) in [7, 11) is 0. The van der Waals surface area contributed by atoms with Crippen LogP contribution in [0.25, 0.3) is 11.0 Å². The summed E-state index contributed by atoms with van der Waals surface area (Å²) >= 11 is 5.94. The standard InChI is InChI=1S/C33H41N5OS/c1-3-35(4-2)22-13-23-37-29-18-11-12-19-30(29)38(33(37)39)28-20-24-36(25-21-28)32(40)34-31(26-14-7-5-8-15-26)27-16-9-6-10-17-27/h5-12,14-19,28,31H,3-4,13,20-25H2,1-2H3,(H,34,40). The van der Waals surface area contributed by atoms with Crippen molar-refractivity contribution in [3.8, 4) is 0 Å². The molecule has 3 aromatic carbocycles. The molecule has 0 unspecified atom stereocenters. The zero-order valence-electron chi connectivity index (χ0n) is 23.7. The summed E-state index contributed by atoms with van der Waals surface area (Å²) in [6, 6.07) is 29.3. The Morgan fingerprint density at radius 1 is 0.875 bits per heavy atom. The highest BCUT2D eigenvalue weighted by Gasteiger charge is 2.27. The third kappa shape index (κ3) is 6.16. The van der Waals surface area contributed by atoms with Crippen molar-refractivity contribution < 1.29 is 0 Å². The molecule has 6 nitrogen and oxygen atoms in total. The van der Waals surface area contributed by atoms with Crippen LogP contribution in [0.5, 0.6) is 0 Å². The Morgan fingerprint density at radius 2 is 1.43 bits per heavy atom. The van der Waals surface area contributed by atoms with E-state index in [0.717, 1.165) is 74.7 Å². The van der Waals surface area contributed by atoms with Crippen molar-refractivity contribution in [1.82, 2.24) is 24.3 Å². The number of benzene rings is 3. The summed E-state index contributed by atoms with van der Waals surface area (Å²) < 4.78 is 4.04. The molecule has 4 aromatic rings. The molecule has 7 heteroatoms. The maximum atomic E-state index is 13.7. The Hall–Kier alpha value is -3.42. The first-order chi connectivity index (χ1) is 19.6. The second-order valence-corrected chi connectivity index (χ2v) is 11.0. The molecule has 0 bridgehead atoms. The van der Waals surface area contributed by atoms with Crippen LogP contribution in [-0.2, 0) is 6.54 Å². The van der Waals surface area contributed by atoms with Gasteiger partial charge in [-0.1, -0.05) is 86.6 Å². The van der Waals surface area contributed by atoms with E-state index >= 15 is 0 Å². The van der Waals surface area contributed by atoms with Gasteiger partial charge in [0.25, 0.3) is 0 Å². The van der Waals surface area contributed by atoms with Crippen LogP contribution in [0.2, 0.25) is 0 Å². The molecule has 0 spiro atoms. The predicted molar refractivity (Wildman–Crippen MR) is 169 cm³/mol. The minimum Gasteiger partial charge on any atom is -0.352 e. The number of piperidine rings is 1. The quantitative estimate of drug-likeness (QED) is 0.249. The highest BCUT2D eigenvalue weighted by Crippen LogP contribution is 2.27. The molecule has 1 N–H and O–H groups in total. The first-order valence-electron chi connectivity index (χ1n) is 14.7. The first kappa shape index (κ1) is 28.1. The summed E-state index contributed by atoms with van der Waals surface area (Å²) in [5, 5.41) is 4.41. The van der Waals surface area contributed by atoms with E-state index in [2.05, 4.69) is 94.2 Å². The first-order valence-corrected chi connectivity index (χ1v) is 15.1. The van der Waals surface area contributed by atoms with E-state index in [9.17, 15) is 4.79 Å². The number of rotatable bonds is 10. The molecule has 1 aromatic heterocycles. The van der Waals surface area contributed by atoms with Gasteiger partial charge in [0, 0.05) is 25.7 Å². The van der Waals surface area contributed by atoms with Crippen molar-refractivity contribution in [3.63, 3.8) is 0 Å². The van der Waals surface area contributed by atoms with Gasteiger partial charge in [-0.05, 0) is 74.4 Å². The molecular weight excluding hydrogens is 514 g/mol. The highest BCUT2D eigenvalue weighted by molar-refractivity contribution is 7.80. The van der Waals surface area contributed by atoms with Gasteiger partial charge >= 0.3 is 5.69 Å². The van der Waals surface area contributed by atoms with Gasteiger partial charge in [-0.25, -0.2) is 4.79 Å². The van der Waals surface area contributed by atoms with Crippen molar-refractivity contribution in [3.05, 3.63) is 107 Å². The molecule has 5 rings (SSSR count). The number of hydrogen-bond acceptors (Lipinski definition) is 3. The molecule has 0 amide bonds. The fraction of sp³-hybridized carbons (Fsp3) is 0.394. The molecule has 1 fully saturated rings. The van der Waals surface area contributed by atoms with Crippen molar-refractivity contribution in [1.29, 1.82) is 0 Å². The molecule has 210 valence electrons. The van der Waals surface area contributed by atoms with Crippen LogP contribution in [0.3, 0.4) is 0 Å². The minimum atomic E-state index is -0.00967. The normalized spacial score (nSPS) is 14.3. The molecule has 0 radical (unpaired) electrons. The van der Waals surface area contributed by atoms with E-state index in [1.54, 1.807) is 0 Å². The van der Waals surface area contributed by atoms with Crippen molar-refractivity contribution in [2.45, 2.75) is 51.7 Å². The van der Waals surface area contributed by atoms with E-state index in [0.29, 0.717) is 0 Å². The molecule has 1 aliphatic heterocycles. The molecule has 1 aliphatic rings. The van der Waals surface area contributed by atoms with Gasteiger partial charge in [0.05, 0.1) is 17.1 Å². The highest BCUT2D eigenvalue weighted by atomic mass is 32.1. The summed E-state index contributed by atoms with van der Waals surface area (Å²) in [6.07, 6.45) is 2.74. The monoisotopic (exact) mass is 555 g/mol. The number of aromatic nitrogens is 2. The third-order valence-electron chi connectivity index (χ3n) is 8.27. The topological polar surface area (TPSA) is 45.4 Å². The molecular formula is C33H41N5OS. The Morgan fingerprint density at radius 3 is 2.00 bits per heavy atom. The van der Waals surface area contributed by atoms with E-state index in [1.165, 1.54) is 11.1 Å².